The van der Waals surface area contributed by atoms with Gasteiger partial charge in [0.15, 0.2) is 0 Å². The number of thioether (sulfide) groups is 1. The standard InChI is InChI=1S/C22H29N3O4S/c1-2-29-21(27)14-7-9-15(10-8-14)25(16-11-12-16)19(26)6-4-3-5-18-20-17(13-30-18)23-22(28)24-20/h7-10,16-18,20H,2-6,11-13H2,1H3,(H2,23,24,28)/t17-,18-,20-/m0/s1. The molecule has 3 aliphatic rings. The van der Waals surface area contributed by atoms with Crippen LogP contribution >= 0.6 is 11.8 Å². The molecular formula is C22H29N3O4S. The van der Waals surface area contributed by atoms with Crippen LogP contribution in [0.5, 0.6) is 0 Å². The predicted octanol–water partition coefficient (Wildman–Crippen LogP) is 3.08. The van der Waals surface area contributed by atoms with E-state index in [1.807, 2.05) is 28.8 Å². The summed E-state index contributed by atoms with van der Waals surface area (Å²) in [6.45, 7) is 2.13. The van der Waals surface area contributed by atoms with Crippen LogP contribution < -0.4 is 15.5 Å². The second kappa shape index (κ2) is 9.29. The third kappa shape index (κ3) is 4.74. The predicted molar refractivity (Wildman–Crippen MR) is 117 cm³/mol. The fourth-order valence-electron chi connectivity index (χ4n) is 4.25. The second-order valence-electron chi connectivity index (χ2n) is 8.13. The second-order valence-corrected chi connectivity index (χ2v) is 9.40. The fraction of sp³-hybridized carbons (Fsp3) is 0.591. The molecule has 2 heterocycles. The molecule has 1 aromatic rings. The number of unbranched alkanes of at least 4 members (excludes halogenated alkanes) is 1. The van der Waals surface area contributed by atoms with Gasteiger partial charge in [-0.05, 0) is 56.9 Å². The number of esters is 1. The van der Waals surface area contributed by atoms with Crippen LogP contribution in [-0.4, -0.2) is 53.6 Å². The van der Waals surface area contributed by atoms with Crippen LogP contribution in [0.2, 0.25) is 0 Å². The van der Waals surface area contributed by atoms with Crippen molar-refractivity contribution >= 4 is 35.4 Å². The Kier molecular flexibility index (Phi) is 6.51. The van der Waals surface area contributed by atoms with Gasteiger partial charge in [0.25, 0.3) is 0 Å². The average molecular weight is 432 g/mol. The van der Waals surface area contributed by atoms with Gasteiger partial charge in [-0.25, -0.2) is 9.59 Å². The molecule has 1 aliphatic carbocycles. The summed E-state index contributed by atoms with van der Waals surface area (Å²) in [5.74, 6) is 0.771. The van der Waals surface area contributed by atoms with Crippen molar-refractivity contribution in [3.63, 3.8) is 0 Å². The van der Waals surface area contributed by atoms with E-state index in [0.717, 1.165) is 43.5 Å². The number of ether oxygens (including phenoxy) is 1. The molecule has 0 radical (unpaired) electrons. The van der Waals surface area contributed by atoms with Gasteiger partial charge >= 0.3 is 12.0 Å². The van der Waals surface area contributed by atoms with Gasteiger partial charge in [0, 0.05) is 29.2 Å². The third-order valence-electron chi connectivity index (χ3n) is 5.90. The Morgan fingerprint density at radius 2 is 1.93 bits per heavy atom. The minimum absolute atomic E-state index is 0.0560. The Bertz CT molecular complexity index is 796. The van der Waals surface area contributed by atoms with E-state index in [-0.39, 0.29) is 36.0 Å². The summed E-state index contributed by atoms with van der Waals surface area (Å²) >= 11 is 1.91. The molecule has 1 saturated carbocycles. The van der Waals surface area contributed by atoms with Crippen molar-refractivity contribution in [2.75, 3.05) is 17.3 Å². The van der Waals surface area contributed by atoms with Crippen LogP contribution in [0.3, 0.4) is 0 Å². The highest BCUT2D eigenvalue weighted by molar-refractivity contribution is 8.00. The molecular weight excluding hydrogens is 402 g/mol. The average Bonchev–Trinajstić information content (AvgIpc) is 3.39. The number of urea groups is 1. The number of nitrogens with one attached hydrogen (secondary N) is 2. The zero-order valence-corrected chi connectivity index (χ0v) is 18.1. The lowest BCUT2D eigenvalue weighted by atomic mass is 10.0. The SMILES string of the molecule is CCOC(=O)c1ccc(N(C(=O)CCCC[C@@H]2SC[C@@H]3NC(=O)N[C@@H]32)C2CC2)cc1. The number of nitrogens with zero attached hydrogens (tertiary/aromatic N) is 1. The topological polar surface area (TPSA) is 87.7 Å². The van der Waals surface area contributed by atoms with Crippen molar-refractivity contribution in [3.05, 3.63) is 29.8 Å². The first-order chi connectivity index (χ1) is 14.6. The van der Waals surface area contributed by atoms with E-state index in [4.69, 9.17) is 4.74 Å². The van der Waals surface area contributed by atoms with Crippen molar-refractivity contribution in [2.45, 2.75) is 68.8 Å². The lowest BCUT2D eigenvalue weighted by Gasteiger charge is -2.23. The minimum atomic E-state index is -0.339. The lowest BCUT2D eigenvalue weighted by Crippen LogP contribution is -2.36. The number of hydrogen-bond acceptors (Lipinski definition) is 5. The van der Waals surface area contributed by atoms with E-state index in [1.54, 1.807) is 19.1 Å². The molecule has 3 fully saturated rings. The maximum atomic E-state index is 12.9. The van der Waals surface area contributed by atoms with Gasteiger partial charge in [-0.3, -0.25) is 4.79 Å². The molecule has 2 N–H and O–H groups in total. The summed E-state index contributed by atoms with van der Waals surface area (Å²) in [5.41, 5.74) is 1.36. The van der Waals surface area contributed by atoms with Gasteiger partial charge in [0.05, 0.1) is 24.3 Å². The smallest absolute Gasteiger partial charge is 0.338 e. The molecule has 0 aromatic heterocycles. The highest BCUT2D eigenvalue weighted by atomic mass is 32.2. The molecule has 0 bridgehead atoms. The van der Waals surface area contributed by atoms with E-state index in [9.17, 15) is 14.4 Å². The van der Waals surface area contributed by atoms with Gasteiger partial charge in [-0.1, -0.05) is 6.42 Å². The van der Waals surface area contributed by atoms with Gasteiger partial charge in [-0.15, -0.1) is 0 Å². The van der Waals surface area contributed by atoms with Crippen LogP contribution in [0.15, 0.2) is 24.3 Å². The molecule has 0 unspecified atom stereocenters. The van der Waals surface area contributed by atoms with Gasteiger partial charge in [-0.2, -0.15) is 11.8 Å². The van der Waals surface area contributed by atoms with E-state index in [0.29, 0.717) is 23.8 Å². The van der Waals surface area contributed by atoms with Crippen molar-refractivity contribution in [2.24, 2.45) is 0 Å². The fourth-order valence-corrected chi connectivity index (χ4v) is 5.79. The van der Waals surface area contributed by atoms with Gasteiger partial charge in [0.1, 0.15) is 0 Å². The van der Waals surface area contributed by atoms with Gasteiger partial charge < -0.3 is 20.3 Å². The van der Waals surface area contributed by atoms with E-state index < -0.39 is 0 Å². The molecule has 4 rings (SSSR count). The number of carbonyl (C=O) groups is 3. The van der Waals surface area contributed by atoms with E-state index >= 15 is 0 Å². The van der Waals surface area contributed by atoms with Crippen LogP contribution in [0.1, 0.15) is 55.8 Å². The van der Waals surface area contributed by atoms with E-state index in [2.05, 4.69) is 10.6 Å². The Hall–Kier alpha value is -2.22. The lowest BCUT2D eigenvalue weighted by molar-refractivity contribution is -0.118. The van der Waals surface area contributed by atoms with E-state index in [1.165, 1.54) is 0 Å². The maximum Gasteiger partial charge on any atom is 0.338 e. The number of fused-ring (bicyclic) bond motifs is 1. The molecule has 0 spiro atoms. The number of carbonyl (C=O) groups excluding carboxylic acids is 3. The quantitative estimate of drug-likeness (QED) is 0.356. The number of anilines is 1. The van der Waals surface area contributed by atoms with Crippen molar-refractivity contribution in [1.29, 1.82) is 0 Å². The highest BCUT2D eigenvalue weighted by Gasteiger charge is 2.42. The molecule has 3 amide bonds. The zero-order valence-electron chi connectivity index (χ0n) is 17.3. The van der Waals surface area contributed by atoms with Crippen LogP contribution in [-0.2, 0) is 9.53 Å². The molecule has 7 nitrogen and oxygen atoms in total. The summed E-state index contributed by atoms with van der Waals surface area (Å²) in [4.78, 5) is 38.2. The monoisotopic (exact) mass is 431 g/mol. The van der Waals surface area contributed by atoms with Crippen molar-refractivity contribution in [1.82, 2.24) is 10.6 Å². The van der Waals surface area contributed by atoms with Crippen LogP contribution in [0, 0.1) is 0 Å². The molecule has 8 heteroatoms. The number of rotatable bonds is 9. The van der Waals surface area contributed by atoms with Crippen molar-refractivity contribution < 1.29 is 19.1 Å². The first-order valence-corrected chi connectivity index (χ1v) is 11.9. The van der Waals surface area contributed by atoms with Gasteiger partial charge in [0.2, 0.25) is 5.91 Å². The zero-order chi connectivity index (χ0) is 21.1. The molecule has 1 aromatic carbocycles. The maximum absolute atomic E-state index is 12.9. The number of benzene rings is 1. The Morgan fingerprint density at radius 3 is 2.63 bits per heavy atom. The summed E-state index contributed by atoms with van der Waals surface area (Å²) < 4.78 is 5.03. The summed E-state index contributed by atoms with van der Waals surface area (Å²) in [6.07, 6.45) is 5.41. The highest BCUT2D eigenvalue weighted by Crippen LogP contribution is 2.34. The largest absolute Gasteiger partial charge is 0.462 e. The normalized spacial score (nSPS) is 24.7. The molecule has 2 aliphatic heterocycles. The summed E-state index contributed by atoms with van der Waals surface area (Å²) in [7, 11) is 0. The Balaban J connectivity index is 1.27. The van der Waals surface area contributed by atoms with Crippen LogP contribution in [0.4, 0.5) is 10.5 Å². The number of hydrogen-bond donors (Lipinski definition) is 2. The van der Waals surface area contributed by atoms with Crippen LogP contribution in [0.25, 0.3) is 0 Å². The Labute approximate surface area is 181 Å². The first kappa shape index (κ1) is 21.0. The number of amides is 3. The molecule has 162 valence electrons. The molecule has 2 saturated heterocycles. The molecule has 30 heavy (non-hydrogen) atoms. The Morgan fingerprint density at radius 1 is 1.17 bits per heavy atom. The summed E-state index contributed by atoms with van der Waals surface area (Å²) in [5, 5.41) is 6.41. The third-order valence-corrected chi connectivity index (χ3v) is 7.41. The van der Waals surface area contributed by atoms with Crippen molar-refractivity contribution in [3.8, 4) is 0 Å². The summed E-state index contributed by atoms with van der Waals surface area (Å²) in [6, 6.07) is 7.83. The minimum Gasteiger partial charge on any atom is -0.462 e. The first-order valence-electron chi connectivity index (χ1n) is 10.8. The molecule has 3 atom stereocenters.